The van der Waals surface area contributed by atoms with E-state index in [0.29, 0.717) is 34.5 Å². The lowest BCUT2D eigenvalue weighted by Gasteiger charge is -2.16. The van der Waals surface area contributed by atoms with Crippen molar-refractivity contribution in [3.8, 4) is 5.75 Å². The van der Waals surface area contributed by atoms with Gasteiger partial charge in [-0.2, -0.15) is 5.21 Å². The number of tetrazole rings is 1. The van der Waals surface area contributed by atoms with Crippen molar-refractivity contribution in [2.75, 3.05) is 18.4 Å². The molecular weight excluding hydrogens is 404 g/mol. The second kappa shape index (κ2) is 7.56. The Morgan fingerprint density at radius 2 is 2.18 bits per heavy atom. The molecule has 11 heteroatoms. The molecule has 0 radical (unpaired) electrons. The van der Waals surface area contributed by atoms with E-state index in [1.165, 1.54) is 29.5 Å². The van der Waals surface area contributed by atoms with Gasteiger partial charge in [-0.25, -0.2) is 0 Å². The molecule has 1 saturated heterocycles. The largest absolute Gasteiger partial charge is 0.507 e. The number of nitrogens with zero attached hydrogens (tertiary/aromatic N) is 4. The Balaban J connectivity index is 1.48. The molecule has 1 atom stereocenters. The number of amides is 2. The van der Waals surface area contributed by atoms with E-state index < -0.39 is 5.91 Å². The van der Waals surface area contributed by atoms with Gasteiger partial charge in [0.1, 0.15) is 10.8 Å². The number of hydrogen-bond donors (Lipinski definition) is 3. The van der Waals surface area contributed by atoms with E-state index in [2.05, 4.69) is 25.9 Å². The second-order valence-corrected chi connectivity index (χ2v) is 7.64. The number of thiophene rings is 1. The first-order valence-electron chi connectivity index (χ1n) is 8.43. The number of aromatic amines is 1. The number of halogens is 1. The lowest BCUT2D eigenvalue weighted by Crippen LogP contribution is -2.29. The van der Waals surface area contributed by atoms with Crippen LogP contribution in [0.15, 0.2) is 29.6 Å². The Bertz CT molecular complexity index is 1020. The van der Waals surface area contributed by atoms with E-state index in [-0.39, 0.29) is 23.1 Å². The molecule has 3 aromatic rings. The number of aromatic hydroxyl groups is 1. The van der Waals surface area contributed by atoms with Gasteiger partial charge in [-0.1, -0.05) is 16.8 Å². The zero-order chi connectivity index (χ0) is 19.7. The number of aromatic nitrogens is 4. The van der Waals surface area contributed by atoms with Crippen molar-refractivity contribution in [2.24, 2.45) is 0 Å². The highest BCUT2D eigenvalue weighted by Gasteiger charge is 2.31. The summed E-state index contributed by atoms with van der Waals surface area (Å²) < 4.78 is 0. The highest BCUT2D eigenvalue weighted by Crippen LogP contribution is 2.31. The number of benzene rings is 1. The van der Waals surface area contributed by atoms with Crippen molar-refractivity contribution in [1.29, 1.82) is 0 Å². The lowest BCUT2D eigenvalue weighted by molar-refractivity contribution is 0.0792. The summed E-state index contributed by atoms with van der Waals surface area (Å²) in [5, 5.41) is 29.1. The van der Waals surface area contributed by atoms with Gasteiger partial charge in [-0.15, -0.1) is 21.5 Å². The van der Waals surface area contributed by atoms with Crippen molar-refractivity contribution in [1.82, 2.24) is 25.5 Å². The van der Waals surface area contributed by atoms with Crippen LogP contribution >= 0.6 is 22.9 Å². The third-order valence-corrected chi connectivity index (χ3v) is 5.59. The van der Waals surface area contributed by atoms with Crippen LogP contribution in [0.4, 0.5) is 5.00 Å². The summed E-state index contributed by atoms with van der Waals surface area (Å²) in [7, 11) is 0. The minimum Gasteiger partial charge on any atom is -0.507 e. The molecule has 0 aliphatic carbocycles. The SMILES string of the molecule is O=C(Nc1sccc1C(=O)N1CCC(c2nn[nH]n2)C1)c1ccc(Cl)cc1O. The Labute approximate surface area is 168 Å². The van der Waals surface area contributed by atoms with Crippen LogP contribution in [-0.2, 0) is 0 Å². The summed E-state index contributed by atoms with van der Waals surface area (Å²) in [6.45, 7) is 1.05. The minimum atomic E-state index is -0.517. The summed E-state index contributed by atoms with van der Waals surface area (Å²) in [5.74, 6) is -0.297. The first kappa shape index (κ1) is 18.4. The number of nitrogens with one attached hydrogen (secondary N) is 2. The Morgan fingerprint density at radius 1 is 1.32 bits per heavy atom. The summed E-state index contributed by atoms with van der Waals surface area (Å²) in [4.78, 5) is 27.1. The van der Waals surface area contributed by atoms with Crippen LogP contribution in [0, 0.1) is 0 Å². The van der Waals surface area contributed by atoms with Crippen LogP contribution in [0.3, 0.4) is 0 Å². The van der Waals surface area contributed by atoms with E-state index in [1.807, 2.05) is 0 Å². The fraction of sp³-hybridized carbons (Fsp3) is 0.235. The third kappa shape index (κ3) is 3.56. The molecule has 1 aromatic carbocycles. The standard InChI is InChI=1S/C17H15ClN6O3S/c18-10-1-2-11(13(25)7-10)15(26)19-16-12(4-6-28-16)17(27)24-5-3-9(8-24)14-20-22-23-21-14/h1-2,4,6-7,9,25H,3,5,8H2,(H,19,26)(H,20,21,22,23). The third-order valence-electron chi connectivity index (χ3n) is 4.53. The first-order chi connectivity index (χ1) is 13.5. The van der Waals surface area contributed by atoms with Crippen molar-refractivity contribution < 1.29 is 14.7 Å². The molecule has 28 heavy (non-hydrogen) atoms. The van der Waals surface area contributed by atoms with Crippen LogP contribution in [0.25, 0.3) is 0 Å². The minimum absolute atomic E-state index is 0.0328. The van der Waals surface area contributed by atoms with E-state index in [0.717, 1.165) is 6.42 Å². The fourth-order valence-corrected chi connectivity index (χ4v) is 4.05. The number of H-pyrrole nitrogens is 1. The molecule has 2 amide bonds. The van der Waals surface area contributed by atoms with E-state index in [4.69, 9.17) is 11.6 Å². The molecule has 2 aromatic heterocycles. The average molecular weight is 419 g/mol. The molecular formula is C17H15ClN6O3S. The number of carbonyl (C=O) groups excluding carboxylic acids is 2. The predicted molar refractivity (Wildman–Crippen MR) is 103 cm³/mol. The molecule has 3 N–H and O–H groups in total. The summed E-state index contributed by atoms with van der Waals surface area (Å²) in [6.07, 6.45) is 0.746. The number of anilines is 1. The van der Waals surface area contributed by atoms with Crippen molar-refractivity contribution in [3.63, 3.8) is 0 Å². The highest BCUT2D eigenvalue weighted by atomic mass is 35.5. The van der Waals surface area contributed by atoms with Gasteiger partial charge in [0.05, 0.1) is 11.1 Å². The summed E-state index contributed by atoms with van der Waals surface area (Å²) >= 11 is 7.04. The number of phenolic OH excluding ortho intramolecular Hbond substituents is 1. The molecule has 3 heterocycles. The molecule has 0 bridgehead atoms. The quantitative estimate of drug-likeness (QED) is 0.598. The topological polar surface area (TPSA) is 124 Å². The highest BCUT2D eigenvalue weighted by molar-refractivity contribution is 7.14. The average Bonchev–Trinajstić information content (AvgIpc) is 3.42. The number of likely N-dealkylation sites (tertiary alicyclic amines) is 1. The van der Waals surface area contributed by atoms with Crippen molar-refractivity contribution in [2.45, 2.75) is 12.3 Å². The molecule has 144 valence electrons. The molecule has 0 spiro atoms. The molecule has 4 rings (SSSR count). The van der Waals surface area contributed by atoms with E-state index in [9.17, 15) is 14.7 Å². The predicted octanol–water partition coefficient (Wildman–Crippen LogP) is 2.50. The van der Waals surface area contributed by atoms with Gasteiger partial charge in [0.2, 0.25) is 0 Å². The molecule has 0 saturated carbocycles. The van der Waals surface area contributed by atoms with Crippen LogP contribution < -0.4 is 5.32 Å². The Morgan fingerprint density at radius 3 is 2.93 bits per heavy atom. The Kier molecular flexibility index (Phi) is 4.97. The summed E-state index contributed by atoms with van der Waals surface area (Å²) in [5.41, 5.74) is 0.482. The Hall–Kier alpha value is -2.98. The second-order valence-electron chi connectivity index (χ2n) is 6.29. The molecule has 1 aliphatic rings. The van der Waals surface area contributed by atoms with Gasteiger partial charge in [0.15, 0.2) is 5.82 Å². The van der Waals surface area contributed by atoms with Gasteiger partial charge in [0.25, 0.3) is 11.8 Å². The molecule has 1 unspecified atom stereocenters. The number of carbonyl (C=O) groups is 2. The van der Waals surface area contributed by atoms with E-state index in [1.54, 1.807) is 16.3 Å². The first-order valence-corrected chi connectivity index (χ1v) is 9.68. The summed E-state index contributed by atoms with van der Waals surface area (Å²) in [6, 6.07) is 5.91. The van der Waals surface area contributed by atoms with Gasteiger partial charge in [-0.05, 0) is 36.1 Å². The lowest BCUT2D eigenvalue weighted by atomic mass is 10.1. The zero-order valence-corrected chi connectivity index (χ0v) is 16.0. The maximum atomic E-state index is 12.9. The van der Waals surface area contributed by atoms with Gasteiger partial charge in [-0.3, -0.25) is 9.59 Å². The smallest absolute Gasteiger partial charge is 0.260 e. The van der Waals surface area contributed by atoms with Crippen LogP contribution in [-0.4, -0.2) is 55.5 Å². The fourth-order valence-electron chi connectivity index (χ4n) is 3.11. The van der Waals surface area contributed by atoms with Crippen LogP contribution in [0.5, 0.6) is 5.75 Å². The van der Waals surface area contributed by atoms with E-state index >= 15 is 0 Å². The molecule has 9 nitrogen and oxygen atoms in total. The van der Waals surface area contributed by atoms with Crippen LogP contribution in [0.1, 0.15) is 38.9 Å². The van der Waals surface area contributed by atoms with Crippen LogP contribution in [0.2, 0.25) is 5.02 Å². The number of rotatable bonds is 4. The van der Waals surface area contributed by atoms with Crippen molar-refractivity contribution in [3.05, 3.63) is 51.6 Å². The maximum absolute atomic E-state index is 12.9. The number of hydrogen-bond acceptors (Lipinski definition) is 7. The zero-order valence-electron chi connectivity index (χ0n) is 14.4. The van der Waals surface area contributed by atoms with Gasteiger partial charge >= 0.3 is 0 Å². The monoisotopic (exact) mass is 418 g/mol. The molecule has 1 fully saturated rings. The molecule has 1 aliphatic heterocycles. The van der Waals surface area contributed by atoms with Gasteiger partial charge in [0, 0.05) is 24.0 Å². The normalized spacial score (nSPS) is 16.3. The van der Waals surface area contributed by atoms with Crippen molar-refractivity contribution >= 4 is 39.8 Å². The number of phenols is 1. The maximum Gasteiger partial charge on any atom is 0.260 e. The van der Waals surface area contributed by atoms with Gasteiger partial charge < -0.3 is 15.3 Å².